The monoisotopic (exact) mass is 359 g/mol. The summed E-state index contributed by atoms with van der Waals surface area (Å²) in [6.45, 7) is 1.99. The van der Waals surface area contributed by atoms with Crippen molar-refractivity contribution in [1.82, 2.24) is 4.90 Å². The predicted molar refractivity (Wildman–Crippen MR) is 93.2 cm³/mol. The van der Waals surface area contributed by atoms with E-state index in [-0.39, 0.29) is 12.7 Å². The average Bonchev–Trinajstić information content (AvgIpc) is 2.52. The molecular formula is C18H33NO6. The molecule has 0 aliphatic carbocycles. The van der Waals surface area contributed by atoms with E-state index in [1.807, 2.05) is 0 Å². The van der Waals surface area contributed by atoms with Gasteiger partial charge in [0, 0.05) is 0 Å². The Kier molecular flexibility index (Phi) is 19.0. The molecule has 0 spiro atoms. The molecule has 146 valence electrons. The van der Waals surface area contributed by atoms with Crippen molar-refractivity contribution in [2.24, 2.45) is 0 Å². The van der Waals surface area contributed by atoms with E-state index < -0.39 is 18.0 Å². The first-order valence-electron chi connectivity index (χ1n) is 9.04. The number of hydrogen-bond acceptors (Lipinski definition) is 5. The third-order valence-corrected chi connectivity index (χ3v) is 4.03. The SMILES string of the molecule is CCCCCCCCCCCCC(C(=O)O)N(C)CC(=O)O.O=C=O. The number of carbonyl (C=O) groups is 2. The fraction of sp³-hybridized carbons (Fsp3) is 0.833. The van der Waals surface area contributed by atoms with E-state index in [1.165, 1.54) is 49.8 Å². The highest BCUT2D eigenvalue weighted by atomic mass is 16.4. The van der Waals surface area contributed by atoms with Crippen LogP contribution < -0.4 is 0 Å². The van der Waals surface area contributed by atoms with Crippen LogP contribution in [0.15, 0.2) is 0 Å². The van der Waals surface area contributed by atoms with Gasteiger partial charge in [-0.05, 0) is 13.5 Å². The third kappa shape index (κ3) is 18.5. The van der Waals surface area contributed by atoms with Gasteiger partial charge in [0.15, 0.2) is 0 Å². The Bertz CT molecular complexity index is 380. The molecule has 0 saturated carbocycles. The van der Waals surface area contributed by atoms with E-state index in [2.05, 4.69) is 6.92 Å². The van der Waals surface area contributed by atoms with Crippen LogP contribution in [0.4, 0.5) is 0 Å². The second-order valence-electron chi connectivity index (χ2n) is 6.22. The van der Waals surface area contributed by atoms with Crippen molar-refractivity contribution < 1.29 is 29.4 Å². The molecule has 25 heavy (non-hydrogen) atoms. The Labute approximate surface area is 150 Å². The Morgan fingerprint density at radius 3 is 1.64 bits per heavy atom. The zero-order valence-corrected chi connectivity index (χ0v) is 15.5. The summed E-state index contributed by atoms with van der Waals surface area (Å²) < 4.78 is 0. The first-order chi connectivity index (χ1) is 11.9. The summed E-state index contributed by atoms with van der Waals surface area (Å²) in [5.41, 5.74) is 0. The summed E-state index contributed by atoms with van der Waals surface area (Å²) >= 11 is 0. The Morgan fingerprint density at radius 2 is 1.28 bits per heavy atom. The maximum Gasteiger partial charge on any atom is 0.373 e. The quantitative estimate of drug-likeness (QED) is 0.432. The van der Waals surface area contributed by atoms with Gasteiger partial charge in [0.1, 0.15) is 6.04 Å². The molecule has 7 nitrogen and oxygen atoms in total. The second kappa shape index (κ2) is 18.6. The van der Waals surface area contributed by atoms with Crippen LogP contribution in [0, 0.1) is 0 Å². The summed E-state index contributed by atoms with van der Waals surface area (Å²) in [4.78, 5) is 39.5. The smallest absolute Gasteiger partial charge is 0.373 e. The summed E-state index contributed by atoms with van der Waals surface area (Å²) in [5, 5.41) is 17.9. The zero-order valence-electron chi connectivity index (χ0n) is 15.5. The highest BCUT2D eigenvalue weighted by molar-refractivity contribution is 5.75. The van der Waals surface area contributed by atoms with Crippen LogP contribution in [0.25, 0.3) is 0 Å². The van der Waals surface area contributed by atoms with E-state index in [1.54, 1.807) is 7.05 Å². The van der Waals surface area contributed by atoms with Crippen LogP contribution in [0.2, 0.25) is 0 Å². The van der Waals surface area contributed by atoms with E-state index in [0.29, 0.717) is 6.42 Å². The lowest BCUT2D eigenvalue weighted by Crippen LogP contribution is -2.41. The minimum Gasteiger partial charge on any atom is -0.480 e. The summed E-state index contributed by atoms with van der Waals surface area (Å²) in [5.74, 6) is -1.92. The fourth-order valence-corrected chi connectivity index (χ4v) is 2.68. The Balaban J connectivity index is 0. The lowest BCUT2D eigenvalue weighted by atomic mass is 10.0. The van der Waals surface area contributed by atoms with Gasteiger partial charge < -0.3 is 10.2 Å². The van der Waals surface area contributed by atoms with Gasteiger partial charge >= 0.3 is 18.1 Å². The first-order valence-corrected chi connectivity index (χ1v) is 9.04. The molecule has 1 atom stereocenters. The van der Waals surface area contributed by atoms with Crippen LogP contribution in [0.5, 0.6) is 0 Å². The summed E-state index contributed by atoms with van der Waals surface area (Å²) in [6, 6.07) is -0.690. The minimum absolute atomic E-state index is 0.227. The zero-order chi connectivity index (χ0) is 19.5. The Morgan fingerprint density at radius 1 is 0.880 bits per heavy atom. The molecule has 1 unspecified atom stereocenters. The average molecular weight is 359 g/mol. The van der Waals surface area contributed by atoms with Gasteiger partial charge in [-0.15, -0.1) is 0 Å². The number of unbranched alkanes of at least 4 members (excludes halogenated alkanes) is 9. The van der Waals surface area contributed by atoms with Crippen LogP contribution in [0.3, 0.4) is 0 Å². The molecular weight excluding hydrogens is 326 g/mol. The van der Waals surface area contributed by atoms with Gasteiger partial charge in [0.05, 0.1) is 6.54 Å². The first kappa shape index (κ1) is 25.5. The van der Waals surface area contributed by atoms with E-state index in [0.717, 1.165) is 19.3 Å². The number of rotatable bonds is 15. The highest BCUT2D eigenvalue weighted by Gasteiger charge is 2.23. The topological polar surface area (TPSA) is 112 Å². The molecule has 0 rings (SSSR count). The van der Waals surface area contributed by atoms with Crippen molar-refractivity contribution in [1.29, 1.82) is 0 Å². The molecule has 0 amide bonds. The standard InChI is InChI=1S/C17H33NO4.CO2/c1-3-4-5-6-7-8-9-10-11-12-13-15(17(21)22)18(2)14-16(19)20;2-1-3/h15H,3-14H2,1-2H3,(H,19,20)(H,21,22);. The molecule has 0 aliphatic heterocycles. The molecule has 0 radical (unpaired) electrons. The molecule has 0 aromatic rings. The number of hydrogen-bond donors (Lipinski definition) is 2. The molecule has 0 aromatic carbocycles. The molecule has 7 heteroatoms. The van der Waals surface area contributed by atoms with E-state index in [9.17, 15) is 9.59 Å². The molecule has 0 saturated heterocycles. The molecule has 0 bridgehead atoms. The number of aliphatic carboxylic acids is 2. The van der Waals surface area contributed by atoms with Gasteiger partial charge in [0.2, 0.25) is 0 Å². The number of carbonyl (C=O) groups excluding carboxylic acids is 2. The molecule has 0 heterocycles. The van der Waals surface area contributed by atoms with Crippen LogP contribution in [-0.2, 0) is 19.2 Å². The van der Waals surface area contributed by atoms with Crippen molar-refractivity contribution in [2.45, 2.75) is 83.6 Å². The van der Waals surface area contributed by atoms with Crippen molar-refractivity contribution in [3.63, 3.8) is 0 Å². The lowest BCUT2D eigenvalue weighted by Gasteiger charge is -2.22. The molecule has 0 fully saturated rings. The molecule has 0 aromatic heterocycles. The largest absolute Gasteiger partial charge is 0.480 e. The van der Waals surface area contributed by atoms with Crippen LogP contribution in [-0.4, -0.2) is 52.8 Å². The number of carboxylic acids is 2. The van der Waals surface area contributed by atoms with Crippen LogP contribution in [0.1, 0.15) is 77.6 Å². The van der Waals surface area contributed by atoms with Crippen molar-refractivity contribution >= 4 is 18.1 Å². The summed E-state index contributed by atoms with van der Waals surface area (Å²) in [6.07, 6.45) is 12.9. The lowest BCUT2D eigenvalue weighted by molar-refractivity contribution is -0.191. The highest BCUT2D eigenvalue weighted by Crippen LogP contribution is 2.13. The van der Waals surface area contributed by atoms with Crippen molar-refractivity contribution in [2.75, 3.05) is 13.6 Å². The van der Waals surface area contributed by atoms with Gasteiger partial charge in [0.25, 0.3) is 0 Å². The van der Waals surface area contributed by atoms with Crippen molar-refractivity contribution in [3.05, 3.63) is 0 Å². The maximum atomic E-state index is 11.2. The van der Waals surface area contributed by atoms with E-state index in [4.69, 9.17) is 19.8 Å². The normalized spacial score (nSPS) is 11.3. The van der Waals surface area contributed by atoms with Gasteiger partial charge in [-0.3, -0.25) is 14.5 Å². The predicted octanol–water partition coefficient (Wildman–Crippen LogP) is 3.18. The van der Waals surface area contributed by atoms with Crippen LogP contribution >= 0.6 is 0 Å². The fourth-order valence-electron chi connectivity index (χ4n) is 2.68. The number of carboxylic acid groups (broad SMARTS) is 2. The number of likely N-dealkylation sites (N-methyl/N-ethyl adjacent to an activating group) is 1. The third-order valence-electron chi connectivity index (χ3n) is 4.03. The van der Waals surface area contributed by atoms with Gasteiger partial charge in [-0.25, -0.2) is 0 Å². The second-order valence-corrected chi connectivity index (χ2v) is 6.22. The minimum atomic E-state index is -0.989. The van der Waals surface area contributed by atoms with Crippen molar-refractivity contribution in [3.8, 4) is 0 Å². The number of nitrogens with zero attached hydrogens (tertiary/aromatic N) is 1. The van der Waals surface area contributed by atoms with E-state index >= 15 is 0 Å². The van der Waals surface area contributed by atoms with Gasteiger partial charge in [-0.2, -0.15) is 9.59 Å². The molecule has 2 N–H and O–H groups in total. The van der Waals surface area contributed by atoms with Gasteiger partial charge in [-0.1, -0.05) is 71.1 Å². The molecule has 0 aliphatic rings. The summed E-state index contributed by atoms with van der Waals surface area (Å²) in [7, 11) is 1.56. The Hall–Kier alpha value is -1.72. The maximum absolute atomic E-state index is 11.2.